The van der Waals surface area contributed by atoms with Crippen molar-refractivity contribution in [2.24, 2.45) is 0 Å². The molecule has 0 saturated carbocycles. The normalized spacial score (nSPS) is 12.3. The van der Waals surface area contributed by atoms with Gasteiger partial charge in [0, 0.05) is 24.3 Å². The molecule has 2 aromatic rings. The van der Waals surface area contributed by atoms with Crippen molar-refractivity contribution >= 4 is 0 Å². The van der Waals surface area contributed by atoms with Crippen LogP contribution in [0.1, 0.15) is 24.2 Å². The molecule has 0 spiro atoms. The Hall–Kier alpha value is -1.94. The van der Waals surface area contributed by atoms with Gasteiger partial charge in [-0.05, 0) is 37.3 Å². The molecule has 0 bridgehead atoms. The lowest BCUT2D eigenvalue weighted by Gasteiger charge is -2.15. The van der Waals surface area contributed by atoms with Crippen LogP contribution in [-0.4, -0.2) is 10.1 Å². The van der Waals surface area contributed by atoms with Gasteiger partial charge in [0.25, 0.3) is 0 Å². The Labute approximate surface area is 105 Å². The molecule has 0 aliphatic rings. The third kappa shape index (κ3) is 3.05. The van der Waals surface area contributed by atoms with Crippen molar-refractivity contribution < 1.29 is 9.50 Å². The van der Waals surface area contributed by atoms with Gasteiger partial charge in [0.05, 0.1) is 5.69 Å². The van der Waals surface area contributed by atoms with E-state index in [2.05, 4.69) is 10.3 Å². The van der Waals surface area contributed by atoms with Crippen molar-refractivity contribution in [2.45, 2.75) is 19.5 Å². The average molecular weight is 246 g/mol. The molecule has 18 heavy (non-hydrogen) atoms. The molecule has 2 rings (SSSR count). The fraction of sp³-hybridized carbons (Fsp3) is 0.214. The second kappa shape index (κ2) is 5.60. The van der Waals surface area contributed by atoms with E-state index in [0.29, 0.717) is 12.1 Å². The lowest BCUT2D eigenvalue weighted by molar-refractivity contribution is 0.448. The Bertz CT molecular complexity index is 516. The molecule has 0 amide bonds. The number of nitrogens with zero attached hydrogens (tertiary/aromatic N) is 1. The molecule has 1 aromatic heterocycles. The summed E-state index contributed by atoms with van der Waals surface area (Å²) >= 11 is 0. The number of halogens is 1. The average Bonchev–Trinajstić information content (AvgIpc) is 2.40. The molecule has 94 valence electrons. The number of rotatable bonds is 4. The van der Waals surface area contributed by atoms with E-state index in [1.54, 1.807) is 6.20 Å². The van der Waals surface area contributed by atoms with Crippen LogP contribution in [0.25, 0.3) is 0 Å². The molecule has 0 fully saturated rings. The van der Waals surface area contributed by atoms with Crippen molar-refractivity contribution in [2.75, 3.05) is 0 Å². The molecule has 1 atom stereocenters. The molecule has 2 N–H and O–H groups in total. The minimum absolute atomic E-state index is 0.0948. The molecular weight excluding hydrogens is 231 g/mol. The lowest BCUT2D eigenvalue weighted by Crippen LogP contribution is -2.18. The van der Waals surface area contributed by atoms with Gasteiger partial charge in [-0.15, -0.1) is 0 Å². The number of nitrogens with one attached hydrogen (secondary N) is 1. The summed E-state index contributed by atoms with van der Waals surface area (Å²) in [5.74, 6) is -0.258. The summed E-state index contributed by atoms with van der Waals surface area (Å²) in [4.78, 5) is 4.19. The van der Waals surface area contributed by atoms with Crippen molar-refractivity contribution in [1.29, 1.82) is 0 Å². The SMILES string of the molecule is CC(NCc1ccccn1)c1cc(F)ccc1O. The van der Waals surface area contributed by atoms with Crippen LogP contribution in [0.5, 0.6) is 5.75 Å². The highest BCUT2D eigenvalue weighted by molar-refractivity contribution is 5.34. The zero-order valence-electron chi connectivity index (χ0n) is 10.1. The van der Waals surface area contributed by atoms with Gasteiger partial charge >= 0.3 is 0 Å². The number of hydrogen-bond acceptors (Lipinski definition) is 3. The Kier molecular flexibility index (Phi) is 3.89. The molecule has 0 radical (unpaired) electrons. The molecule has 4 heteroatoms. The van der Waals surface area contributed by atoms with E-state index in [0.717, 1.165) is 5.69 Å². The minimum Gasteiger partial charge on any atom is -0.508 e. The molecule has 0 saturated heterocycles. The first kappa shape index (κ1) is 12.5. The van der Waals surface area contributed by atoms with Gasteiger partial charge in [-0.2, -0.15) is 0 Å². The van der Waals surface area contributed by atoms with Gasteiger partial charge in [-0.25, -0.2) is 4.39 Å². The second-order valence-corrected chi connectivity index (χ2v) is 4.13. The van der Waals surface area contributed by atoms with Crippen molar-refractivity contribution in [3.8, 4) is 5.75 Å². The predicted octanol–water partition coefficient (Wildman–Crippen LogP) is 2.78. The summed E-state index contributed by atoms with van der Waals surface area (Å²) < 4.78 is 13.1. The quantitative estimate of drug-likeness (QED) is 0.872. The largest absolute Gasteiger partial charge is 0.508 e. The van der Waals surface area contributed by atoms with E-state index in [1.165, 1.54) is 18.2 Å². The van der Waals surface area contributed by atoms with Gasteiger partial charge in [0.2, 0.25) is 0 Å². The van der Waals surface area contributed by atoms with Crippen molar-refractivity contribution in [3.63, 3.8) is 0 Å². The number of pyridine rings is 1. The fourth-order valence-corrected chi connectivity index (χ4v) is 1.74. The van der Waals surface area contributed by atoms with Gasteiger partial charge in [-0.3, -0.25) is 4.98 Å². The first-order chi connectivity index (χ1) is 8.66. The van der Waals surface area contributed by atoms with E-state index in [-0.39, 0.29) is 17.6 Å². The van der Waals surface area contributed by atoms with Crippen LogP contribution in [0.4, 0.5) is 4.39 Å². The third-order valence-electron chi connectivity index (χ3n) is 2.77. The number of phenolic OH excluding ortho intramolecular Hbond substituents is 1. The van der Waals surface area contributed by atoms with Crippen LogP contribution in [0.15, 0.2) is 42.6 Å². The maximum absolute atomic E-state index is 13.1. The van der Waals surface area contributed by atoms with Gasteiger partial charge in [0.1, 0.15) is 11.6 Å². The highest BCUT2D eigenvalue weighted by Crippen LogP contribution is 2.24. The minimum atomic E-state index is -0.353. The van der Waals surface area contributed by atoms with Crippen LogP contribution in [0.2, 0.25) is 0 Å². The zero-order chi connectivity index (χ0) is 13.0. The fourth-order valence-electron chi connectivity index (χ4n) is 1.74. The van der Waals surface area contributed by atoms with Crippen LogP contribution in [-0.2, 0) is 6.54 Å². The summed E-state index contributed by atoms with van der Waals surface area (Å²) in [6.45, 7) is 2.44. The predicted molar refractivity (Wildman–Crippen MR) is 67.6 cm³/mol. The summed E-state index contributed by atoms with van der Waals surface area (Å²) in [6.07, 6.45) is 1.72. The topological polar surface area (TPSA) is 45.2 Å². The number of benzene rings is 1. The Balaban J connectivity index is 2.03. The van der Waals surface area contributed by atoms with E-state index in [1.807, 2.05) is 25.1 Å². The first-order valence-corrected chi connectivity index (χ1v) is 5.78. The Morgan fingerprint density at radius 3 is 2.89 bits per heavy atom. The second-order valence-electron chi connectivity index (χ2n) is 4.13. The van der Waals surface area contributed by atoms with Gasteiger partial charge in [0.15, 0.2) is 0 Å². The van der Waals surface area contributed by atoms with Crippen LogP contribution in [0, 0.1) is 5.82 Å². The molecule has 0 aliphatic heterocycles. The summed E-state index contributed by atoms with van der Waals surface area (Å²) in [5.41, 5.74) is 1.45. The molecule has 0 aliphatic carbocycles. The maximum atomic E-state index is 13.1. The van der Waals surface area contributed by atoms with Crippen LogP contribution in [0.3, 0.4) is 0 Å². The van der Waals surface area contributed by atoms with Crippen LogP contribution >= 0.6 is 0 Å². The number of aromatic hydroxyl groups is 1. The van der Waals surface area contributed by atoms with E-state index in [9.17, 15) is 9.50 Å². The summed E-state index contributed by atoms with van der Waals surface area (Å²) in [6, 6.07) is 9.46. The van der Waals surface area contributed by atoms with Crippen molar-refractivity contribution in [1.82, 2.24) is 10.3 Å². The van der Waals surface area contributed by atoms with Crippen LogP contribution < -0.4 is 5.32 Å². The molecule has 3 nitrogen and oxygen atoms in total. The highest BCUT2D eigenvalue weighted by atomic mass is 19.1. The van der Waals surface area contributed by atoms with Crippen molar-refractivity contribution in [3.05, 3.63) is 59.7 Å². The standard InChI is InChI=1S/C14H15FN2O/c1-10(13-8-11(15)5-6-14(13)18)17-9-12-4-2-3-7-16-12/h2-8,10,17-18H,9H2,1H3. The van der Waals surface area contributed by atoms with Gasteiger partial charge in [-0.1, -0.05) is 6.07 Å². The zero-order valence-corrected chi connectivity index (χ0v) is 10.1. The summed E-state index contributed by atoms with van der Waals surface area (Å²) in [7, 11) is 0. The smallest absolute Gasteiger partial charge is 0.123 e. The summed E-state index contributed by atoms with van der Waals surface area (Å²) in [5, 5.41) is 12.9. The molecular formula is C14H15FN2O. The van der Waals surface area contributed by atoms with E-state index in [4.69, 9.17) is 0 Å². The highest BCUT2D eigenvalue weighted by Gasteiger charge is 2.11. The lowest BCUT2D eigenvalue weighted by atomic mass is 10.1. The Morgan fingerprint density at radius 1 is 1.33 bits per heavy atom. The monoisotopic (exact) mass is 246 g/mol. The molecule has 1 unspecified atom stereocenters. The van der Waals surface area contributed by atoms with E-state index < -0.39 is 0 Å². The number of aromatic nitrogens is 1. The third-order valence-corrected chi connectivity index (χ3v) is 2.77. The van der Waals surface area contributed by atoms with E-state index >= 15 is 0 Å². The molecule has 1 aromatic carbocycles. The molecule has 1 heterocycles. The number of hydrogen-bond donors (Lipinski definition) is 2. The first-order valence-electron chi connectivity index (χ1n) is 5.78. The van der Waals surface area contributed by atoms with Gasteiger partial charge < -0.3 is 10.4 Å². The maximum Gasteiger partial charge on any atom is 0.123 e. The number of phenols is 1. The Morgan fingerprint density at radius 2 is 2.17 bits per heavy atom.